The number of hydrogen-bond donors (Lipinski definition) is 0. The van der Waals surface area contributed by atoms with Gasteiger partial charge in [-0.3, -0.25) is 14.5 Å². The highest BCUT2D eigenvalue weighted by molar-refractivity contribution is 5.83. The van der Waals surface area contributed by atoms with Crippen LogP contribution in [0, 0.1) is 17.3 Å². The molecular weight excluding hydrogens is 482 g/mol. The van der Waals surface area contributed by atoms with E-state index in [1.54, 1.807) is 0 Å². The molecule has 2 bridgehead atoms. The number of hydrogen-bond acceptors (Lipinski definition) is 3. The first-order valence-corrected chi connectivity index (χ1v) is 14.9. The van der Waals surface area contributed by atoms with Gasteiger partial charge in [-0.15, -0.1) is 0 Å². The molecule has 6 rings (SSSR count). The quantitative estimate of drug-likeness (QED) is 0.389. The molecule has 1 heterocycles. The number of fused-ring (bicyclic) bond motifs is 1. The number of carbonyl (C=O) groups is 2. The molecule has 0 radical (unpaired) electrons. The van der Waals surface area contributed by atoms with Gasteiger partial charge in [-0.2, -0.15) is 0 Å². The highest BCUT2D eigenvalue weighted by Gasteiger charge is 2.51. The summed E-state index contributed by atoms with van der Waals surface area (Å²) in [5.41, 5.74) is 4.01. The lowest BCUT2D eigenvalue weighted by Crippen LogP contribution is -2.53. The lowest BCUT2D eigenvalue weighted by Gasteiger charge is -2.57. The minimum atomic E-state index is -0.0667. The Hall–Kier alpha value is -2.92. The van der Waals surface area contributed by atoms with Crippen molar-refractivity contribution in [2.45, 2.75) is 52.4 Å². The molecule has 0 aromatic heterocycles. The second-order valence-electron chi connectivity index (χ2n) is 12.3. The van der Waals surface area contributed by atoms with E-state index in [1.165, 1.54) is 12.0 Å². The Kier molecular flexibility index (Phi) is 8.56. The largest absolute Gasteiger partial charge is 0.340 e. The van der Waals surface area contributed by atoms with E-state index < -0.39 is 0 Å². The van der Waals surface area contributed by atoms with Gasteiger partial charge >= 0.3 is 0 Å². The highest BCUT2D eigenvalue weighted by atomic mass is 16.2. The maximum Gasteiger partial charge on any atom is 0.230 e. The highest BCUT2D eigenvalue weighted by Crippen LogP contribution is 2.59. The van der Waals surface area contributed by atoms with Crippen LogP contribution in [-0.4, -0.2) is 72.3 Å². The van der Waals surface area contributed by atoms with E-state index in [0.29, 0.717) is 17.8 Å². The molecule has 2 aromatic rings. The van der Waals surface area contributed by atoms with Crippen LogP contribution in [-0.2, 0) is 16.0 Å². The fourth-order valence-corrected chi connectivity index (χ4v) is 6.96. The van der Waals surface area contributed by atoms with Crippen LogP contribution in [0.5, 0.6) is 0 Å². The van der Waals surface area contributed by atoms with Crippen LogP contribution in [0.1, 0.15) is 57.1 Å². The number of carbonyl (C=O) groups excluding carboxylic acids is 2. The Balaban J connectivity index is 1.18. The van der Waals surface area contributed by atoms with E-state index in [-0.39, 0.29) is 17.7 Å². The first-order valence-electron chi connectivity index (χ1n) is 14.9. The molecule has 5 nitrogen and oxygen atoms in total. The first-order chi connectivity index (χ1) is 18.9. The van der Waals surface area contributed by atoms with Gasteiger partial charge in [-0.25, -0.2) is 0 Å². The molecule has 5 heteroatoms. The third-order valence-electron chi connectivity index (χ3n) is 9.79. The first kappa shape index (κ1) is 27.6. The fraction of sp³-hybridized carbons (Fsp3) is 0.529. The van der Waals surface area contributed by atoms with Gasteiger partial charge < -0.3 is 9.80 Å². The summed E-state index contributed by atoms with van der Waals surface area (Å²) in [6.45, 7) is 12.5. The van der Waals surface area contributed by atoms with Gasteiger partial charge in [0.25, 0.3) is 0 Å². The van der Waals surface area contributed by atoms with E-state index in [4.69, 9.17) is 0 Å². The van der Waals surface area contributed by atoms with Crippen molar-refractivity contribution >= 4 is 11.8 Å². The van der Waals surface area contributed by atoms with Crippen molar-refractivity contribution in [3.8, 4) is 0 Å². The van der Waals surface area contributed by atoms with Gasteiger partial charge in [0.1, 0.15) is 0 Å². The Morgan fingerprint density at radius 3 is 2.26 bits per heavy atom. The van der Waals surface area contributed by atoms with Crippen LogP contribution in [0.4, 0.5) is 0 Å². The lowest BCUT2D eigenvalue weighted by atomic mass is 9.49. The predicted octanol–water partition coefficient (Wildman–Crippen LogP) is 5.39. The third-order valence-corrected chi connectivity index (χ3v) is 9.79. The van der Waals surface area contributed by atoms with Gasteiger partial charge in [0.2, 0.25) is 11.8 Å². The number of allylic oxidation sites excluding steroid dienone is 1. The minimum Gasteiger partial charge on any atom is -0.340 e. The lowest BCUT2D eigenvalue weighted by molar-refractivity contribution is -0.134. The number of amides is 2. The van der Waals surface area contributed by atoms with Crippen LogP contribution >= 0.6 is 0 Å². The zero-order valence-electron chi connectivity index (χ0n) is 24.0. The smallest absolute Gasteiger partial charge is 0.230 e. The summed E-state index contributed by atoms with van der Waals surface area (Å²) in [7, 11) is 0. The molecule has 3 atom stereocenters. The van der Waals surface area contributed by atoms with Gasteiger partial charge in [0, 0.05) is 45.8 Å². The van der Waals surface area contributed by atoms with Gasteiger partial charge in [-0.1, -0.05) is 93.1 Å². The minimum absolute atomic E-state index is 0.0667. The van der Waals surface area contributed by atoms with Gasteiger partial charge in [0.15, 0.2) is 0 Å². The van der Waals surface area contributed by atoms with E-state index in [2.05, 4.69) is 48.8 Å². The number of rotatable bonds is 10. The molecule has 0 N–H and O–H groups in total. The molecule has 1 saturated carbocycles. The Morgan fingerprint density at radius 2 is 1.64 bits per heavy atom. The van der Waals surface area contributed by atoms with Crippen molar-refractivity contribution in [3.05, 3.63) is 83.4 Å². The Bertz CT molecular complexity index is 1150. The zero-order valence-corrected chi connectivity index (χ0v) is 24.0. The van der Waals surface area contributed by atoms with E-state index in [9.17, 15) is 9.59 Å². The van der Waals surface area contributed by atoms with Crippen molar-refractivity contribution in [1.29, 1.82) is 0 Å². The number of piperazine rings is 1. The molecule has 0 spiro atoms. The monoisotopic (exact) mass is 527 g/mol. The van der Waals surface area contributed by atoms with Crippen molar-refractivity contribution < 1.29 is 9.59 Å². The van der Waals surface area contributed by atoms with E-state index >= 15 is 0 Å². The van der Waals surface area contributed by atoms with Crippen molar-refractivity contribution in [2.24, 2.45) is 17.3 Å². The standard InChI is InChI=1S/C34H45N3O2/c1-4-30(27-13-9-6-10-14-27)33(39)36-20-17-35(18-21-36)19-22-37(32(38)23-26-11-7-5-8-12-26)25-28-15-16-29-24-31(28)34(29,2)3/h5-15,29-31H,4,16-25H2,1-3H3. The summed E-state index contributed by atoms with van der Waals surface area (Å²) in [6, 6.07) is 20.3. The molecule has 2 aromatic carbocycles. The normalized spacial score (nSPS) is 22.9. The molecule has 3 aliphatic carbocycles. The summed E-state index contributed by atoms with van der Waals surface area (Å²) in [6.07, 6.45) is 6.11. The van der Waals surface area contributed by atoms with Crippen LogP contribution in [0.3, 0.4) is 0 Å². The summed E-state index contributed by atoms with van der Waals surface area (Å²) >= 11 is 0. The second-order valence-corrected chi connectivity index (χ2v) is 12.3. The molecule has 39 heavy (non-hydrogen) atoms. The maximum atomic E-state index is 13.6. The molecule has 4 aliphatic rings. The Morgan fingerprint density at radius 1 is 0.974 bits per heavy atom. The molecule has 208 valence electrons. The van der Waals surface area contributed by atoms with Crippen molar-refractivity contribution in [3.63, 3.8) is 0 Å². The topological polar surface area (TPSA) is 43.9 Å². The van der Waals surface area contributed by atoms with Crippen LogP contribution in [0.15, 0.2) is 72.3 Å². The fourth-order valence-electron chi connectivity index (χ4n) is 6.96. The zero-order chi connectivity index (χ0) is 27.4. The summed E-state index contributed by atoms with van der Waals surface area (Å²) < 4.78 is 0. The van der Waals surface area contributed by atoms with E-state index in [1.807, 2.05) is 53.4 Å². The van der Waals surface area contributed by atoms with E-state index in [0.717, 1.165) is 75.7 Å². The van der Waals surface area contributed by atoms with Crippen LogP contribution in [0.2, 0.25) is 0 Å². The van der Waals surface area contributed by atoms with Gasteiger partial charge in [0.05, 0.1) is 12.3 Å². The summed E-state index contributed by atoms with van der Waals surface area (Å²) in [4.78, 5) is 33.4. The van der Waals surface area contributed by atoms with Crippen LogP contribution in [0.25, 0.3) is 0 Å². The Labute approximate surface area is 234 Å². The summed E-state index contributed by atoms with van der Waals surface area (Å²) in [5.74, 6) is 1.79. The van der Waals surface area contributed by atoms with Crippen LogP contribution < -0.4 is 0 Å². The number of nitrogens with zero attached hydrogens (tertiary/aromatic N) is 3. The molecule has 1 aliphatic heterocycles. The van der Waals surface area contributed by atoms with Crippen molar-refractivity contribution in [2.75, 3.05) is 45.8 Å². The summed E-state index contributed by atoms with van der Waals surface area (Å²) in [5, 5.41) is 0. The second kappa shape index (κ2) is 12.1. The average molecular weight is 528 g/mol. The predicted molar refractivity (Wildman–Crippen MR) is 157 cm³/mol. The molecule has 3 unspecified atom stereocenters. The average Bonchev–Trinajstić information content (AvgIpc) is 2.97. The maximum absolute atomic E-state index is 13.6. The van der Waals surface area contributed by atoms with Gasteiger partial charge in [-0.05, 0) is 47.6 Å². The number of benzene rings is 2. The van der Waals surface area contributed by atoms with Crippen molar-refractivity contribution in [1.82, 2.24) is 14.7 Å². The molecule has 2 fully saturated rings. The SMILES string of the molecule is CCC(C(=O)N1CCN(CCN(CC2=CCC3CC2C3(C)C)C(=O)Cc2ccccc2)CC1)c1ccccc1. The molecule has 2 amide bonds. The third kappa shape index (κ3) is 6.14. The molecular formula is C34H45N3O2. The molecule has 1 saturated heterocycles.